The molecule has 0 saturated carbocycles. The number of phenolic OH excluding ortho intramolecular Hbond substituents is 1. The molecule has 0 aliphatic carbocycles. The maximum Gasteiger partial charge on any atom is 0.143 e. The SMILES string of the molecule is Oc1ccc(Br)cc1C=Nc1cccc(-n2cnnn2)c1. The Morgan fingerprint density at radius 1 is 1.19 bits per heavy atom. The number of aromatic hydroxyl groups is 1. The first-order valence-electron chi connectivity index (χ1n) is 6.08. The van der Waals surface area contributed by atoms with Crippen molar-refractivity contribution in [2.24, 2.45) is 4.99 Å². The van der Waals surface area contributed by atoms with Gasteiger partial charge < -0.3 is 5.11 Å². The quantitative estimate of drug-likeness (QED) is 0.742. The van der Waals surface area contributed by atoms with E-state index in [0.29, 0.717) is 5.56 Å². The van der Waals surface area contributed by atoms with Crippen LogP contribution in [0.2, 0.25) is 0 Å². The predicted molar refractivity (Wildman–Crippen MR) is 82.2 cm³/mol. The van der Waals surface area contributed by atoms with E-state index in [9.17, 15) is 5.11 Å². The predicted octanol–water partition coefficient (Wildman–Crippen LogP) is 2.88. The minimum absolute atomic E-state index is 0.179. The van der Waals surface area contributed by atoms with E-state index >= 15 is 0 Å². The summed E-state index contributed by atoms with van der Waals surface area (Å²) in [4.78, 5) is 4.36. The molecule has 21 heavy (non-hydrogen) atoms. The van der Waals surface area contributed by atoms with Crippen molar-refractivity contribution in [3.63, 3.8) is 0 Å². The second kappa shape index (κ2) is 5.84. The maximum atomic E-state index is 9.78. The zero-order valence-corrected chi connectivity index (χ0v) is 12.3. The molecule has 0 aliphatic heterocycles. The van der Waals surface area contributed by atoms with Gasteiger partial charge in [0.15, 0.2) is 0 Å². The zero-order valence-electron chi connectivity index (χ0n) is 10.8. The molecule has 0 atom stereocenters. The van der Waals surface area contributed by atoms with E-state index in [1.165, 1.54) is 6.33 Å². The third kappa shape index (κ3) is 3.14. The summed E-state index contributed by atoms with van der Waals surface area (Å²) in [6.45, 7) is 0. The second-order valence-corrected chi connectivity index (χ2v) is 5.15. The number of hydrogen-bond acceptors (Lipinski definition) is 5. The molecule has 0 radical (unpaired) electrons. The lowest BCUT2D eigenvalue weighted by Crippen LogP contribution is -1.94. The summed E-state index contributed by atoms with van der Waals surface area (Å²) in [5.41, 5.74) is 2.19. The Balaban J connectivity index is 1.90. The first kappa shape index (κ1) is 13.4. The van der Waals surface area contributed by atoms with Gasteiger partial charge in [-0.2, -0.15) is 0 Å². The van der Waals surface area contributed by atoms with E-state index in [1.807, 2.05) is 24.3 Å². The molecule has 104 valence electrons. The standard InChI is InChI=1S/C14H10BrN5O/c15-11-4-5-14(21)10(6-11)8-16-12-2-1-3-13(7-12)20-9-17-18-19-20/h1-9,21H. The van der Waals surface area contributed by atoms with Gasteiger partial charge in [0, 0.05) is 16.3 Å². The van der Waals surface area contributed by atoms with Crippen LogP contribution in [-0.4, -0.2) is 31.5 Å². The Hall–Kier alpha value is -2.54. The lowest BCUT2D eigenvalue weighted by molar-refractivity contribution is 0.474. The number of aliphatic imine (C=N–C) groups is 1. The van der Waals surface area contributed by atoms with Crippen molar-refractivity contribution >= 4 is 27.8 Å². The smallest absolute Gasteiger partial charge is 0.143 e. The Morgan fingerprint density at radius 3 is 2.90 bits per heavy atom. The molecule has 0 aliphatic rings. The van der Waals surface area contributed by atoms with E-state index in [0.717, 1.165) is 15.8 Å². The van der Waals surface area contributed by atoms with Gasteiger partial charge in [-0.15, -0.1) is 5.10 Å². The molecular weight excluding hydrogens is 334 g/mol. The van der Waals surface area contributed by atoms with Gasteiger partial charge >= 0.3 is 0 Å². The van der Waals surface area contributed by atoms with Crippen LogP contribution in [0.15, 0.2) is 58.3 Å². The van der Waals surface area contributed by atoms with Crippen LogP contribution in [0.25, 0.3) is 5.69 Å². The molecule has 6 nitrogen and oxygen atoms in total. The lowest BCUT2D eigenvalue weighted by Gasteiger charge is -2.01. The first-order chi connectivity index (χ1) is 10.2. The number of benzene rings is 2. The summed E-state index contributed by atoms with van der Waals surface area (Å²) >= 11 is 3.36. The molecule has 0 amide bonds. The van der Waals surface area contributed by atoms with Crippen LogP contribution in [0.4, 0.5) is 5.69 Å². The Morgan fingerprint density at radius 2 is 2.10 bits per heavy atom. The van der Waals surface area contributed by atoms with Crippen LogP contribution in [0.5, 0.6) is 5.75 Å². The molecular formula is C14H10BrN5O. The molecule has 2 aromatic carbocycles. The van der Waals surface area contributed by atoms with Gasteiger partial charge in [-0.1, -0.05) is 22.0 Å². The van der Waals surface area contributed by atoms with E-state index in [4.69, 9.17) is 0 Å². The van der Waals surface area contributed by atoms with Crippen molar-refractivity contribution in [3.05, 3.63) is 58.8 Å². The Labute approximate surface area is 128 Å². The zero-order chi connectivity index (χ0) is 14.7. The molecule has 3 rings (SSSR count). The minimum atomic E-state index is 0.179. The number of phenols is 1. The van der Waals surface area contributed by atoms with Crippen molar-refractivity contribution in [2.45, 2.75) is 0 Å². The van der Waals surface area contributed by atoms with Crippen LogP contribution in [0.1, 0.15) is 5.56 Å². The van der Waals surface area contributed by atoms with Crippen molar-refractivity contribution in [3.8, 4) is 11.4 Å². The van der Waals surface area contributed by atoms with E-state index < -0.39 is 0 Å². The summed E-state index contributed by atoms with van der Waals surface area (Å²) < 4.78 is 2.43. The topological polar surface area (TPSA) is 76.2 Å². The van der Waals surface area contributed by atoms with Gasteiger partial charge in [-0.25, -0.2) is 4.68 Å². The van der Waals surface area contributed by atoms with Crippen LogP contribution >= 0.6 is 15.9 Å². The summed E-state index contributed by atoms with van der Waals surface area (Å²) in [5.74, 6) is 0.179. The highest BCUT2D eigenvalue weighted by Crippen LogP contribution is 2.22. The molecule has 1 heterocycles. The van der Waals surface area contributed by atoms with Crippen LogP contribution in [0.3, 0.4) is 0 Å². The number of hydrogen-bond donors (Lipinski definition) is 1. The minimum Gasteiger partial charge on any atom is -0.507 e. The average molecular weight is 344 g/mol. The van der Waals surface area contributed by atoms with Gasteiger partial charge in [0.05, 0.1) is 11.4 Å². The Kier molecular flexibility index (Phi) is 3.74. The van der Waals surface area contributed by atoms with E-state index in [-0.39, 0.29) is 5.75 Å². The molecule has 0 bridgehead atoms. The largest absolute Gasteiger partial charge is 0.507 e. The van der Waals surface area contributed by atoms with Gasteiger partial charge in [-0.3, -0.25) is 4.99 Å². The normalized spacial score (nSPS) is 11.1. The van der Waals surface area contributed by atoms with Gasteiger partial charge in [-0.05, 0) is 46.8 Å². The third-order valence-electron chi connectivity index (χ3n) is 2.79. The summed E-state index contributed by atoms with van der Waals surface area (Å²) in [6, 6.07) is 12.6. The van der Waals surface area contributed by atoms with Gasteiger partial charge in [0.2, 0.25) is 0 Å². The van der Waals surface area contributed by atoms with Crippen LogP contribution in [0, 0.1) is 0 Å². The number of halogens is 1. The fourth-order valence-corrected chi connectivity index (χ4v) is 2.15. The molecule has 0 fully saturated rings. The Bertz CT molecular complexity index is 786. The summed E-state index contributed by atoms with van der Waals surface area (Å²) in [6.07, 6.45) is 3.13. The molecule has 0 spiro atoms. The highest BCUT2D eigenvalue weighted by molar-refractivity contribution is 9.10. The van der Waals surface area contributed by atoms with Crippen molar-refractivity contribution in [1.29, 1.82) is 0 Å². The third-order valence-corrected chi connectivity index (χ3v) is 3.28. The highest BCUT2D eigenvalue weighted by Gasteiger charge is 2.01. The van der Waals surface area contributed by atoms with Gasteiger partial charge in [0.25, 0.3) is 0 Å². The molecule has 0 unspecified atom stereocenters. The fourth-order valence-electron chi connectivity index (χ4n) is 1.77. The summed E-state index contributed by atoms with van der Waals surface area (Å²) in [5, 5.41) is 20.8. The fraction of sp³-hybridized carbons (Fsp3) is 0. The van der Waals surface area contributed by atoms with Crippen LogP contribution < -0.4 is 0 Å². The maximum absolute atomic E-state index is 9.78. The number of tetrazole rings is 1. The number of nitrogens with zero attached hydrogens (tertiary/aromatic N) is 5. The van der Waals surface area contributed by atoms with Crippen LogP contribution in [-0.2, 0) is 0 Å². The molecule has 1 N–H and O–H groups in total. The first-order valence-corrected chi connectivity index (χ1v) is 6.88. The van der Waals surface area contributed by atoms with Crippen molar-refractivity contribution < 1.29 is 5.11 Å². The molecule has 7 heteroatoms. The second-order valence-electron chi connectivity index (χ2n) is 4.24. The monoisotopic (exact) mass is 343 g/mol. The molecule has 0 saturated heterocycles. The highest BCUT2D eigenvalue weighted by atomic mass is 79.9. The van der Waals surface area contributed by atoms with Crippen molar-refractivity contribution in [2.75, 3.05) is 0 Å². The van der Waals surface area contributed by atoms with Gasteiger partial charge in [0.1, 0.15) is 12.1 Å². The number of rotatable bonds is 3. The van der Waals surface area contributed by atoms with E-state index in [2.05, 4.69) is 36.4 Å². The molecule has 3 aromatic rings. The lowest BCUT2D eigenvalue weighted by atomic mass is 10.2. The van der Waals surface area contributed by atoms with Crippen molar-refractivity contribution in [1.82, 2.24) is 20.2 Å². The number of aromatic nitrogens is 4. The molecule has 1 aromatic heterocycles. The van der Waals surface area contributed by atoms with E-state index in [1.54, 1.807) is 29.1 Å². The summed E-state index contributed by atoms with van der Waals surface area (Å²) in [7, 11) is 0. The average Bonchev–Trinajstić information content (AvgIpc) is 3.03.